The zero-order valence-electron chi connectivity index (χ0n) is 10.3. The molecule has 1 rings (SSSR count). The molecule has 1 unspecified atom stereocenters. The second-order valence-electron chi connectivity index (χ2n) is 4.69. The van der Waals surface area contributed by atoms with Gasteiger partial charge in [0.25, 0.3) is 0 Å². The number of hydrogen-bond acceptors (Lipinski definition) is 6. The van der Waals surface area contributed by atoms with Gasteiger partial charge in [-0.2, -0.15) is 0 Å². The lowest BCUT2D eigenvalue weighted by Crippen LogP contribution is -2.49. The molecule has 1 fully saturated rings. The predicted octanol–water partition coefficient (Wildman–Crippen LogP) is 0.675. The van der Waals surface area contributed by atoms with Crippen LogP contribution >= 0.6 is 0 Å². The molecule has 98 valence electrons. The van der Waals surface area contributed by atoms with Crippen molar-refractivity contribution in [3.8, 4) is 0 Å². The van der Waals surface area contributed by atoms with E-state index in [2.05, 4.69) is 4.74 Å². The zero-order chi connectivity index (χ0) is 13.1. The normalized spacial score (nSPS) is 20.9. The summed E-state index contributed by atoms with van der Waals surface area (Å²) in [6.45, 7) is 5.91. The molecule has 0 spiro atoms. The quantitative estimate of drug-likeness (QED) is 0.499. The summed E-state index contributed by atoms with van der Waals surface area (Å²) in [4.78, 5) is 24.1. The monoisotopic (exact) mass is 246 g/mol. The van der Waals surface area contributed by atoms with Gasteiger partial charge >= 0.3 is 12.2 Å². The molecular weight excluding hydrogens is 228 g/mol. The van der Waals surface area contributed by atoms with Crippen LogP contribution in [0.4, 0.5) is 9.59 Å². The van der Waals surface area contributed by atoms with E-state index in [9.17, 15) is 9.59 Å². The van der Waals surface area contributed by atoms with Crippen molar-refractivity contribution in [3.05, 3.63) is 0 Å². The van der Waals surface area contributed by atoms with Gasteiger partial charge in [0.2, 0.25) is 0 Å². The van der Waals surface area contributed by atoms with Crippen molar-refractivity contribution >= 4 is 12.2 Å². The van der Waals surface area contributed by atoms with Crippen molar-refractivity contribution in [2.45, 2.75) is 32.6 Å². The Morgan fingerprint density at radius 3 is 2.59 bits per heavy atom. The van der Waals surface area contributed by atoms with Crippen LogP contribution in [-0.4, -0.2) is 48.7 Å². The molecule has 1 saturated heterocycles. The van der Waals surface area contributed by atoms with Gasteiger partial charge in [0, 0.05) is 6.54 Å². The van der Waals surface area contributed by atoms with E-state index in [-0.39, 0.29) is 6.54 Å². The number of morpholine rings is 1. The van der Waals surface area contributed by atoms with Crippen molar-refractivity contribution in [2.75, 3.05) is 19.7 Å². The molecule has 7 heteroatoms. The number of nitrogens with two attached hydrogens (primary N) is 1. The van der Waals surface area contributed by atoms with E-state index in [1.807, 2.05) is 0 Å². The molecule has 2 N–H and O–H groups in total. The van der Waals surface area contributed by atoms with Crippen LogP contribution in [0.1, 0.15) is 20.8 Å². The summed E-state index contributed by atoms with van der Waals surface area (Å²) >= 11 is 0. The van der Waals surface area contributed by atoms with E-state index in [1.54, 1.807) is 20.8 Å². The standard InChI is InChI=1S/C10H18N2O5/c1-10(2,3)17-9(14)16-8(13)12-4-5-15-7(11)6-12/h7H,4-6,11H2,1-3H3. The fraction of sp³-hybridized carbons (Fsp3) is 0.800. The van der Waals surface area contributed by atoms with Gasteiger partial charge in [-0.25, -0.2) is 9.59 Å². The molecule has 1 heterocycles. The molecule has 0 radical (unpaired) electrons. The number of rotatable bonds is 0. The Bertz CT molecular complexity index is 300. The highest BCUT2D eigenvalue weighted by molar-refractivity contribution is 5.80. The Labute approximate surface area is 99.8 Å². The molecular formula is C10H18N2O5. The summed E-state index contributed by atoms with van der Waals surface area (Å²) in [5, 5.41) is 0. The lowest BCUT2D eigenvalue weighted by atomic mass is 10.2. The summed E-state index contributed by atoms with van der Waals surface area (Å²) in [6.07, 6.45) is -2.32. The first kappa shape index (κ1) is 13.7. The fourth-order valence-electron chi connectivity index (χ4n) is 1.25. The molecule has 1 aliphatic rings. The number of nitrogens with zero attached hydrogens (tertiary/aromatic N) is 1. The van der Waals surface area contributed by atoms with Crippen molar-refractivity contribution in [3.63, 3.8) is 0 Å². The van der Waals surface area contributed by atoms with Gasteiger partial charge < -0.3 is 24.8 Å². The van der Waals surface area contributed by atoms with Crippen LogP contribution in [0, 0.1) is 0 Å². The van der Waals surface area contributed by atoms with Crippen molar-refractivity contribution in [1.82, 2.24) is 4.90 Å². The molecule has 0 saturated carbocycles. The summed E-state index contributed by atoms with van der Waals surface area (Å²) in [5.74, 6) is 0. The van der Waals surface area contributed by atoms with Crippen LogP contribution in [0.25, 0.3) is 0 Å². The second kappa shape index (κ2) is 5.33. The van der Waals surface area contributed by atoms with E-state index in [0.29, 0.717) is 13.2 Å². The van der Waals surface area contributed by atoms with Crippen LogP contribution in [0.3, 0.4) is 0 Å². The highest BCUT2D eigenvalue weighted by Gasteiger charge is 2.27. The largest absolute Gasteiger partial charge is 0.517 e. The average Bonchev–Trinajstić information content (AvgIpc) is 2.14. The highest BCUT2D eigenvalue weighted by atomic mass is 16.8. The smallest absolute Gasteiger partial charge is 0.428 e. The summed E-state index contributed by atoms with van der Waals surface area (Å²) in [7, 11) is 0. The summed E-state index contributed by atoms with van der Waals surface area (Å²) < 4.78 is 14.4. The van der Waals surface area contributed by atoms with E-state index in [4.69, 9.17) is 15.2 Å². The highest BCUT2D eigenvalue weighted by Crippen LogP contribution is 2.10. The fourth-order valence-corrected chi connectivity index (χ4v) is 1.25. The number of carbonyl (C=O) groups excluding carboxylic acids is 2. The zero-order valence-corrected chi connectivity index (χ0v) is 10.3. The van der Waals surface area contributed by atoms with Crippen molar-refractivity contribution < 1.29 is 23.8 Å². The Morgan fingerprint density at radius 2 is 2.06 bits per heavy atom. The Kier molecular flexibility index (Phi) is 4.30. The van der Waals surface area contributed by atoms with Crippen molar-refractivity contribution in [1.29, 1.82) is 0 Å². The van der Waals surface area contributed by atoms with Crippen LogP contribution in [0.5, 0.6) is 0 Å². The minimum absolute atomic E-state index is 0.196. The molecule has 17 heavy (non-hydrogen) atoms. The maximum Gasteiger partial charge on any atom is 0.517 e. The Morgan fingerprint density at radius 1 is 1.41 bits per heavy atom. The number of hydrogen-bond donors (Lipinski definition) is 1. The van der Waals surface area contributed by atoms with E-state index in [1.165, 1.54) is 4.90 Å². The van der Waals surface area contributed by atoms with Gasteiger partial charge in [-0.1, -0.05) is 0 Å². The van der Waals surface area contributed by atoms with Crippen LogP contribution in [0.15, 0.2) is 0 Å². The van der Waals surface area contributed by atoms with Gasteiger partial charge in [-0.15, -0.1) is 0 Å². The van der Waals surface area contributed by atoms with Crippen LogP contribution < -0.4 is 5.73 Å². The number of ether oxygens (including phenoxy) is 3. The Balaban J connectivity index is 2.40. The van der Waals surface area contributed by atoms with E-state index < -0.39 is 24.1 Å². The lowest BCUT2D eigenvalue weighted by molar-refractivity contribution is -0.0315. The van der Waals surface area contributed by atoms with Gasteiger partial charge in [0.15, 0.2) is 0 Å². The third-order valence-corrected chi connectivity index (χ3v) is 1.91. The first-order chi connectivity index (χ1) is 7.78. The minimum atomic E-state index is -1.01. The van der Waals surface area contributed by atoms with E-state index in [0.717, 1.165) is 0 Å². The molecule has 1 aliphatic heterocycles. The third kappa shape index (κ3) is 5.01. The molecule has 1 amide bonds. The van der Waals surface area contributed by atoms with Gasteiger partial charge in [-0.3, -0.25) is 0 Å². The van der Waals surface area contributed by atoms with Gasteiger partial charge in [0.05, 0.1) is 13.2 Å². The average molecular weight is 246 g/mol. The van der Waals surface area contributed by atoms with Crippen LogP contribution in [-0.2, 0) is 14.2 Å². The predicted molar refractivity (Wildman–Crippen MR) is 58.2 cm³/mol. The molecule has 0 bridgehead atoms. The molecule has 1 atom stereocenters. The molecule has 0 aromatic rings. The first-order valence-corrected chi connectivity index (χ1v) is 5.35. The summed E-state index contributed by atoms with van der Waals surface area (Å²) in [6, 6.07) is 0. The maximum absolute atomic E-state index is 11.5. The SMILES string of the molecule is CC(C)(C)OC(=O)OC(=O)N1CCOC(N)C1. The number of amides is 1. The Hall–Kier alpha value is -1.34. The minimum Gasteiger partial charge on any atom is -0.428 e. The van der Waals surface area contributed by atoms with Crippen molar-refractivity contribution in [2.24, 2.45) is 5.73 Å². The molecule has 0 aromatic carbocycles. The molecule has 0 aromatic heterocycles. The molecule has 7 nitrogen and oxygen atoms in total. The van der Waals surface area contributed by atoms with Gasteiger partial charge in [0.1, 0.15) is 11.8 Å². The maximum atomic E-state index is 11.5. The van der Waals surface area contributed by atoms with Gasteiger partial charge in [-0.05, 0) is 20.8 Å². The third-order valence-electron chi connectivity index (χ3n) is 1.91. The number of carbonyl (C=O) groups is 2. The summed E-state index contributed by atoms with van der Waals surface area (Å²) in [5.41, 5.74) is 4.81. The topological polar surface area (TPSA) is 91.1 Å². The van der Waals surface area contributed by atoms with Crippen LogP contribution in [0.2, 0.25) is 0 Å². The second-order valence-corrected chi connectivity index (χ2v) is 4.69. The molecule has 0 aliphatic carbocycles. The van der Waals surface area contributed by atoms with E-state index >= 15 is 0 Å². The lowest BCUT2D eigenvalue weighted by Gasteiger charge is -2.29. The first-order valence-electron chi connectivity index (χ1n) is 5.35.